The van der Waals surface area contributed by atoms with E-state index in [0.717, 1.165) is 54.6 Å². The number of piperazine rings is 1. The van der Waals surface area contributed by atoms with E-state index < -0.39 is 0 Å². The SMILES string of the molecule is O=C1C(CN2CCNCC2)=Cc2cccc3cccc1c23. The second kappa shape index (κ2) is 5.10. The predicted octanol–water partition coefficient (Wildman–Crippen LogP) is 2.32. The summed E-state index contributed by atoms with van der Waals surface area (Å²) in [5.74, 6) is 0.192. The van der Waals surface area contributed by atoms with Gasteiger partial charge in [-0.2, -0.15) is 0 Å². The number of rotatable bonds is 2. The van der Waals surface area contributed by atoms with Crippen molar-refractivity contribution in [2.75, 3.05) is 32.7 Å². The highest BCUT2D eigenvalue weighted by molar-refractivity contribution is 6.22. The first-order valence-electron chi connectivity index (χ1n) is 7.53. The number of carbonyl (C=O) groups excluding carboxylic acids is 1. The van der Waals surface area contributed by atoms with Crippen LogP contribution in [-0.4, -0.2) is 43.4 Å². The molecule has 1 aliphatic heterocycles. The summed E-state index contributed by atoms with van der Waals surface area (Å²) in [6.45, 7) is 4.79. The Bertz CT molecular complexity index is 737. The fraction of sp³-hybridized carbons (Fsp3) is 0.278. The molecule has 106 valence electrons. The number of nitrogens with one attached hydrogen (secondary N) is 1. The first kappa shape index (κ1) is 12.7. The monoisotopic (exact) mass is 278 g/mol. The summed E-state index contributed by atoms with van der Waals surface area (Å²) >= 11 is 0. The van der Waals surface area contributed by atoms with Crippen LogP contribution in [-0.2, 0) is 0 Å². The molecule has 0 aromatic heterocycles. The van der Waals surface area contributed by atoms with E-state index in [1.54, 1.807) is 0 Å². The van der Waals surface area contributed by atoms with Gasteiger partial charge in [-0.15, -0.1) is 0 Å². The molecule has 21 heavy (non-hydrogen) atoms. The van der Waals surface area contributed by atoms with Crippen molar-refractivity contribution in [1.82, 2.24) is 10.2 Å². The van der Waals surface area contributed by atoms with E-state index >= 15 is 0 Å². The van der Waals surface area contributed by atoms with Crippen LogP contribution in [0.15, 0.2) is 42.0 Å². The third kappa shape index (κ3) is 2.19. The summed E-state index contributed by atoms with van der Waals surface area (Å²) in [6.07, 6.45) is 2.08. The molecule has 0 amide bonds. The number of nitrogens with zero attached hydrogens (tertiary/aromatic N) is 1. The second-order valence-electron chi connectivity index (χ2n) is 5.78. The second-order valence-corrected chi connectivity index (χ2v) is 5.78. The zero-order valence-corrected chi connectivity index (χ0v) is 11.9. The van der Waals surface area contributed by atoms with Crippen molar-refractivity contribution < 1.29 is 4.79 Å². The van der Waals surface area contributed by atoms with E-state index in [1.807, 2.05) is 12.1 Å². The zero-order chi connectivity index (χ0) is 14.2. The quantitative estimate of drug-likeness (QED) is 0.915. The number of ketones is 1. The van der Waals surface area contributed by atoms with Crippen molar-refractivity contribution >= 4 is 22.6 Å². The van der Waals surface area contributed by atoms with Crippen LogP contribution in [0.25, 0.3) is 16.8 Å². The van der Waals surface area contributed by atoms with Crippen molar-refractivity contribution in [3.05, 3.63) is 53.1 Å². The van der Waals surface area contributed by atoms with Gasteiger partial charge in [-0.25, -0.2) is 0 Å². The summed E-state index contributed by atoms with van der Waals surface area (Å²) in [4.78, 5) is 15.1. The zero-order valence-electron chi connectivity index (χ0n) is 11.9. The number of Topliss-reactive ketones (excluding diaryl/α,β-unsaturated/α-hetero) is 1. The summed E-state index contributed by atoms with van der Waals surface area (Å²) in [7, 11) is 0. The molecular formula is C18H18N2O. The lowest BCUT2D eigenvalue weighted by molar-refractivity contribution is 0.102. The Morgan fingerprint density at radius 1 is 1.05 bits per heavy atom. The van der Waals surface area contributed by atoms with Crippen LogP contribution in [0.4, 0.5) is 0 Å². The highest BCUT2D eigenvalue weighted by Gasteiger charge is 2.23. The minimum Gasteiger partial charge on any atom is -0.314 e. The van der Waals surface area contributed by atoms with Gasteiger partial charge >= 0.3 is 0 Å². The molecule has 0 spiro atoms. The molecule has 3 heteroatoms. The molecule has 3 nitrogen and oxygen atoms in total. The van der Waals surface area contributed by atoms with Gasteiger partial charge in [-0.3, -0.25) is 9.69 Å². The fourth-order valence-electron chi connectivity index (χ4n) is 3.33. The Balaban J connectivity index is 1.75. The maximum absolute atomic E-state index is 12.8. The lowest BCUT2D eigenvalue weighted by Crippen LogP contribution is -2.44. The molecule has 1 fully saturated rings. The van der Waals surface area contributed by atoms with Gasteiger partial charge < -0.3 is 5.32 Å². The normalized spacial score (nSPS) is 18.9. The maximum atomic E-state index is 12.8. The largest absolute Gasteiger partial charge is 0.314 e. The van der Waals surface area contributed by atoms with Crippen molar-refractivity contribution in [3.8, 4) is 0 Å². The van der Waals surface area contributed by atoms with Gasteiger partial charge in [0.2, 0.25) is 0 Å². The lowest BCUT2D eigenvalue weighted by Gasteiger charge is -2.28. The molecule has 2 aliphatic rings. The van der Waals surface area contributed by atoms with Gasteiger partial charge in [0.05, 0.1) is 0 Å². The van der Waals surface area contributed by atoms with Gasteiger partial charge in [0.1, 0.15) is 0 Å². The van der Waals surface area contributed by atoms with E-state index in [9.17, 15) is 4.79 Å². The molecule has 2 aromatic carbocycles. The first-order valence-corrected chi connectivity index (χ1v) is 7.53. The smallest absolute Gasteiger partial charge is 0.190 e. The molecule has 1 N–H and O–H groups in total. The average molecular weight is 278 g/mol. The minimum absolute atomic E-state index is 0.192. The van der Waals surface area contributed by atoms with Crippen molar-refractivity contribution in [1.29, 1.82) is 0 Å². The van der Waals surface area contributed by atoms with Gasteiger partial charge in [0.25, 0.3) is 0 Å². The van der Waals surface area contributed by atoms with Crippen LogP contribution >= 0.6 is 0 Å². The van der Waals surface area contributed by atoms with Gasteiger partial charge in [-0.05, 0) is 17.0 Å². The summed E-state index contributed by atoms with van der Waals surface area (Å²) < 4.78 is 0. The van der Waals surface area contributed by atoms with E-state index in [0.29, 0.717) is 0 Å². The Morgan fingerprint density at radius 3 is 2.62 bits per heavy atom. The van der Waals surface area contributed by atoms with E-state index in [2.05, 4.69) is 40.6 Å². The Kier molecular flexibility index (Phi) is 3.09. The molecular weight excluding hydrogens is 260 g/mol. The van der Waals surface area contributed by atoms with Gasteiger partial charge in [0.15, 0.2) is 5.78 Å². The molecule has 0 atom stereocenters. The maximum Gasteiger partial charge on any atom is 0.190 e. The molecule has 1 aliphatic carbocycles. The molecule has 0 unspecified atom stereocenters. The van der Waals surface area contributed by atoms with Gasteiger partial charge in [-0.1, -0.05) is 36.4 Å². The average Bonchev–Trinajstić information content (AvgIpc) is 2.53. The van der Waals surface area contributed by atoms with Crippen LogP contribution in [0.1, 0.15) is 15.9 Å². The molecule has 1 saturated heterocycles. The van der Waals surface area contributed by atoms with Crippen molar-refractivity contribution in [2.24, 2.45) is 0 Å². The lowest BCUT2D eigenvalue weighted by atomic mass is 9.88. The molecule has 0 saturated carbocycles. The third-order valence-electron chi connectivity index (χ3n) is 4.41. The molecule has 1 heterocycles. The van der Waals surface area contributed by atoms with E-state index in [1.165, 1.54) is 5.56 Å². The summed E-state index contributed by atoms with van der Waals surface area (Å²) in [6, 6.07) is 12.3. The molecule has 0 radical (unpaired) electrons. The van der Waals surface area contributed by atoms with Crippen LogP contribution in [0.2, 0.25) is 0 Å². The topological polar surface area (TPSA) is 32.3 Å². The number of carbonyl (C=O) groups is 1. The molecule has 4 rings (SSSR count). The molecule has 0 bridgehead atoms. The van der Waals surface area contributed by atoms with E-state index in [4.69, 9.17) is 0 Å². The van der Waals surface area contributed by atoms with E-state index in [-0.39, 0.29) is 5.78 Å². The summed E-state index contributed by atoms with van der Waals surface area (Å²) in [5.41, 5.74) is 2.95. The highest BCUT2D eigenvalue weighted by atomic mass is 16.1. The number of hydrogen-bond donors (Lipinski definition) is 1. The van der Waals surface area contributed by atoms with Gasteiger partial charge in [0, 0.05) is 49.2 Å². The first-order chi connectivity index (χ1) is 10.3. The van der Waals surface area contributed by atoms with Crippen molar-refractivity contribution in [2.45, 2.75) is 0 Å². The third-order valence-corrected chi connectivity index (χ3v) is 4.41. The van der Waals surface area contributed by atoms with Crippen LogP contribution in [0.3, 0.4) is 0 Å². The summed E-state index contributed by atoms with van der Waals surface area (Å²) in [5, 5.41) is 5.60. The molecule has 2 aromatic rings. The Morgan fingerprint density at radius 2 is 1.81 bits per heavy atom. The predicted molar refractivity (Wildman–Crippen MR) is 85.6 cm³/mol. The number of hydrogen-bond acceptors (Lipinski definition) is 3. The number of benzene rings is 2. The van der Waals surface area contributed by atoms with Crippen molar-refractivity contribution in [3.63, 3.8) is 0 Å². The highest BCUT2D eigenvalue weighted by Crippen LogP contribution is 2.31. The van der Waals surface area contributed by atoms with Crippen LogP contribution < -0.4 is 5.32 Å². The van der Waals surface area contributed by atoms with Crippen LogP contribution in [0.5, 0.6) is 0 Å². The minimum atomic E-state index is 0.192. The van der Waals surface area contributed by atoms with Crippen LogP contribution in [0, 0.1) is 0 Å². The Hall–Kier alpha value is -1.97. The standard InChI is InChI=1S/C18H18N2O/c21-18-15(12-20-9-7-19-8-10-20)11-14-5-1-3-13-4-2-6-16(18)17(13)14/h1-6,11,19H,7-10,12H2. The Labute approximate surface area is 124 Å². The fourth-order valence-corrected chi connectivity index (χ4v) is 3.33.